The summed E-state index contributed by atoms with van der Waals surface area (Å²) < 4.78 is 1.87. The molecule has 0 radical (unpaired) electrons. The highest BCUT2D eigenvalue weighted by Gasteiger charge is 2.27. The predicted molar refractivity (Wildman–Crippen MR) is 102 cm³/mol. The summed E-state index contributed by atoms with van der Waals surface area (Å²) in [5, 5.41) is 6.25. The second kappa shape index (κ2) is 7.91. The van der Waals surface area contributed by atoms with Crippen molar-refractivity contribution < 1.29 is 9.59 Å². The third-order valence-corrected chi connectivity index (χ3v) is 4.52. The Morgan fingerprint density at radius 2 is 2.08 bits per heavy atom. The van der Waals surface area contributed by atoms with Gasteiger partial charge in [-0.15, -0.1) is 0 Å². The third-order valence-electron chi connectivity index (χ3n) is 4.29. The summed E-state index contributed by atoms with van der Waals surface area (Å²) in [6, 6.07) is 6.95. The van der Waals surface area contributed by atoms with E-state index in [2.05, 4.69) is 15.6 Å². The summed E-state index contributed by atoms with van der Waals surface area (Å²) in [6.07, 6.45) is 2.71. The molecule has 0 spiro atoms. The minimum Gasteiger partial charge on any atom is -0.350 e. The maximum Gasteiger partial charge on any atom is 0.291 e. The second-order valence-electron chi connectivity index (χ2n) is 6.91. The van der Waals surface area contributed by atoms with Crippen molar-refractivity contribution in [2.45, 2.75) is 39.7 Å². The van der Waals surface area contributed by atoms with Crippen LogP contribution in [0.4, 0.5) is 5.69 Å². The summed E-state index contributed by atoms with van der Waals surface area (Å²) in [7, 11) is 0. The molecule has 1 aromatic heterocycles. The molecular weight excluding hydrogens is 352 g/mol. The van der Waals surface area contributed by atoms with Gasteiger partial charge in [-0.25, -0.2) is 4.98 Å². The average Bonchev–Trinajstić information content (AvgIpc) is 2.99. The lowest BCUT2D eigenvalue weighted by molar-refractivity contribution is 0.0943. The molecular formula is C19H23ClN4O2. The molecule has 0 aliphatic carbocycles. The number of hydrogen-bond acceptors (Lipinski definition) is 3. The number of amides is 2. The SMILES string of the molecule is CC(C)CNC(=O)c1nc(C(=O)Nc2cccc(Cl)c2)n2c1CCCC2. The van der Waals surface area contributed by atoms with Crippen molar-refractivity contribution in [3.8, 4) is 0 Å². The van der Waals surface area contributed by atoms with Gasteiger partial charge in [0.25, 0.3) is 11.8 Å². The monoisotopic (exact) mass is 374 g/mol. The van der Waals surface area contributed by atoms with Gasteiger partial charge in [-0.1, -0.05) is 31.5 Å². The third kappa shape index (κ3) is 4.07. The van der Waals surface area contributed by atoms with Crippen molar-refractivity contribution in [3.63, 3.8) is 0 Å². The van der Waals surface area contributed by atoms with Crippen LogP contribution in [0.2, 0.25) is 5.02 Å². The molecule has 3 rings (SSSR count). The van der Waals surface area contributed by atoms with Crippen molar-refractivity contribution in [2.75, 3.05) is 11.9 Å². The maximum absolute atomic E-state index is 12.7. The van der Waals surface area contributed by atoms with Crippen LogP contribution in [0.15, 0.2) is 24.3 Å². The first-order chi connectivity index (χ1) is 12.5. The van der Waals surface area contributed by atoms with Gasteiger partial charge in [0.1, 0.15) is 5.69 Å². The molecule has 0 fully saturated rings. The number of imidazole rings is 1. The number of halogens is 1. The van der Waals surface area contributed by atoms with Crippen LogP contribution in [0.3, 0.4) is 0 Å². The number of hydrogen-bond donors (Lipinski definition) is 2. The van der Waals surface area contributed by atoms with E-state index >= 15 is 0 Å². The number of carbonyl (C=O) groups is 2. The fourth-order valence-electron chi connectivity index (χ4n) is 3.03. The number of aromatic nitrogens is 2. The predicted octanol–water partition coefficient (Wildman–Crippen LogP) is 3.51. The molecule has 0 unspecified atom stereocenters. The van der Waals surface area contributed by atoms with Gasteiger partial charge in [-0.2, -0.15) is 0 Å². The van der Waals surface area contributed by atoms with E-state index in [0.29, 0.717) is 35.4 Å². The Kier molecular flexibility index (Phi) is 5.61. The van der Waals surface area contributed by atoms with E-state index in [4.69, 9.17) is 11.6 Å². The number of nitrogens with zero attached hydrogens (tertiary/aromatic N) is 2. The summed E-state index contributed by atoms with van der Waals surface area (Å²) in [5.74, 6) is 0.0712. The molecule has 7 heteroatoms. The Morgan fingerprint density at radius 1 is 1.27 bits per heavy atom. The van der Waals surface area contributed by atoms with Gasteiger partial charge in [-0.05, 0) is 43.4 Å². The summed E-state index contributed by atoms with van der Waals surface area (Å²) in [5.41, 5.74) is 1.80. The maximum atomic E-state index is 12.7. The van der Waals surface area contributed by atoms with E-state index in [-0.39, 0.29) is 17.6 Å². The van der Waals surface area contributed by atoms with Crippen molar-refractivity contribution in [3.05, 3.63) is 46.5 Å². The van der Waals surface area contributed by atoms with Gasteiger partial charge in [0, 0.05) is 23.8 Å². The highest BCUT2D eigenvalue weighted by molar-refractivity contribution is 6.30. The van der Waals surface area contributed by atoms with Gasteiger partial charge in [0.2, 0.25) is 0 Å². The molecule has 26 heavy (non-hydrogen) atoms. The van der Waals surface area contributed by atoms with Crippen LogP contribution >= 0.6 is 11.6 Å². The van der Waals surface area contributed by atoms with Crippen LogP contribution < -0.4 is 10.6 Å². The first-order valence-electron chi connectivity index (χ1n) is 8.90. The molecule has 6 nitrogen and oxygen atoms in total. The van der Waals surface area contributed by atoms with E-state index < -0.39 is 0 Å². The van der Waals surface area contributed by atoms with Crippen molar-refractivity contribution in [1.82, 2.24) is 14.9 Å². The number of anilines is 1. The van der Waals surface area contributed by atoms with Crippen LogP contribution in [0.1, 0.15) is 53.5 Å². The molecule has 0 atom stereocenters. The quantitative estimate of drug-likeness (QED) is 0.840. The lowest BCUT2D eigenvalue weighted by atomic mass is 10.1. The van der Waals surface area contributed by atoms with E-state index in [9.17, 15) is 9.59 Å². The Bertz CT molecular complexity index is 829. The topological polar surface area (TPSA) is 76.0 Å². The van der Waals surface area contributed by atoms with E-state index in [1.807, 2.05) is 18.4 Å². The zero-order chi connectivity index (χ0) is 18.7. The highest BCUT2D eigenvalue weighted by atomic mass is 35.5. The fourth-order valence-corrected chi connectivity index (χ4v) is 3.22. The Morgan fingerprint density at radius 3 is 2.81 bits per heavy atom. The average molecular weight is 375 g/mol. The minimum atomic E-state index is -0.335. The van der Waals surface area contributed by atoms with Gasteiger partial charge in [0.15, 0.2) is 5.82 Å². The van der Waals surface area contributed by atoms with Crippen molar-refractivity contribution in [2.24, 2.45) is 5.92 Å². The van der Waals surface area contributed by atoms with Crippen LogP contribution in [0.25, 0.3) is 0 Å². The van der Waals surface area contributed by atoms with E-state index in [1.54, 1.807) is 24.3 Å². The molecule has 1 aromatic carbocycles. The molecule has 0 bridgehead atoms. The van der Waals surface area contributed by atoms with Gasteiger partial charge < -0.3 is 15.2 Å². The second-order valence-corrected chi connectivity index (χ2v) is 7.34. The van der Waals surface area contributed by atoms with Gasteiger partial charge in [0.05, 0.1) is 5.69 Å². The normalized spacial score (nSPS) is 13.4. The first kappa shape index (κ1) is 18.5. The van der Waals surface area contributed by atoms with Gasteiger partial charge in [-0.3, -0.25) is 9.59 Å². The summed E-state index contributed by atoms with van der Waals surface area (Å²) in [4.78, 5) is 29.6. The van der Waals surface area contributed by atoms with Gasteiger partial charge >= 0.3 is 0 Å². The summed E-state index contributed by atoms with van der Waals surface area (Å²) >= 11 is 5.97. The molecule has 1 aliphatic heterocycles. The lowest BCUT2D eigenvalue weighted by Gasteiger charge is -2.17. The number of fused-ring (bicyclic) bond motifs is 1. The minimum absolute atomic E-state index is 0.217. The summed E-state index contributed by atoms with van der Waals surface area (Å²) in [6.45, 7) is 5.34. The lowest BCUT2D eigenvalue weighted by Crippen LogP contribution is -2.29. The van der Waals surface area contributed by atoms with E-state index in [0.717, 1.165) is 25.0 Å². The molecule has 2 N–H and O–H groups in total. The molecule has 2 aromatic rings. The smallest absolute Gasteiger partial charge is 0.291 e. The highest BCUT2D eigenvalue weighted by Crippen LogP contribution is 2.22. The molecule has 138 valence electrons. The van der Waals surface area contributed by atoms with Crippen LogP contribution in [-0.2, 0) is 13.0 Å². The Labute approximate surface area is 157 Å². The van der Waals surface area contributed by atoms with Crippen molar-refractivity contribution >= 4 is 29.1 Å². The number of rotatable bonds is 5. The zero-order valence-corrected chi connectivity index (χ0v) is 15.8. The van der Waals surface area contributed by atoms with Crippen LogP contribution in [0, 0.1) is 5.92 Å². The van der Waals surface area contributed by atoms with E-state index in [1.165, 1.54) is 0 Å². The van der Waals surface area contributed by atoms with Crippen LogP contribution in [0.5, 0.6) is 0 Å². The molecule has 0 saturated heterocycles. The zero-order valence-electron chi connectivity index (χ0n) is 15.0. The standard InChI is InChI=1S/C19H23ClN4O2/c1-12(2)11-21-18(25)16-15-8-3-4-9-24(15)17(23-16)19(26)22-14-7-5-6-13(20)10-14/h5-7,10,12H,3-4,8-9,11H2,1-2H3,(H,21,25)(H,22,26). The molecule has 2 heterocycles. The Hall–Kier alpha value is -2.34. The molecule has 2 amide bonds. The molecule has 0 saturated carbocycles. The number of benzene rings is 1. The number of carbonyl (C=O) groups excluding carboxylic acids is 2. The first-order valence-corrected chi connectivity index (χ1v) is 9.28. The fraction of sp³-hybridized carbons (Fsp3) is 0.421. The molecule has 1 aliphatic rings. The largest absolute Gasteiger partial charge is 0.350 e. The van der Waals surface area contributed by atoms with Crippen LogP contribution in [-0.4, -0.2) is 27.9 Å². The van der Waals surface area contributed by atoms with Crippen molar-refractivity contribution in [1.29, 1.82) is 0 Å². The number of nitrogens with one attached hydrogen (secondary N) is 2. The Balaban J connectivity index is 1.87.